The first-order chi connectivity index (χ1) is 6.86. The van der Waals surface area contributed by atoms with Crippen LogP contribution >= 0.6 is 0 Å². The van der Waals surface area contributed by atoms with Crippen molar-refractivity contribution >= 4 is 11.7 Å². The molecular weight excluding hydrogens is 204 g/mol. The van der Waals surface area contributed by atoms with E-state index >= 15 is 0 Å². The van der Waals surface area contributed by atoms with Crippen molar-refractivity contribution in [2.75, 3.05) is 0 Å². The molecule has 0 radical (unpaired) electrons. The van der Waals surface area contributed by atoms with Crippen LogP contribution in [0.3, 0.4) is 0 Å². The highest BCUT2D eigenvalue weighted by molar-refractivity contribution is 5.88. The molecule has 0 saturated carbocycles. The van der Waals surface area contributed by atoms with Crippen molar-refractivity contribution in [3.8, 4) is 0 Å². The average molecular weight is 211 g/mol. The van der Waals surface area contributed by atoms with Gasteiger partial charge in [-0.3, -0.25) is 14.9 Å². The molecule has 1 heterocycles. The quantitative estimate of drug-likeness (QED) is 0.511. The van der Waals surface area contributed by atoms with Gasteiger partial charge in [-0.25, -0.2) is 0 Å². The Morgan fingerprint density at radius 2 is 1.93 bits per heavy atom. The van der Waals surface area contributed by atoms with E-state index in [4.69, 9.17) is 0 Å². The number of hydrogen-bond acceptors (Lipinski definition) is 5. The Labute approximate surface area is 83.5 Å². The van der Waals surface area contributed by atoms with Crippen molar-refractivity contribution in [1.82, 2.24) is 4.98 Å². The summed E-state index contributed by atoms with van der Waals surface area (Å²) in [5.41, 5.74) is -2.18. The van der Waals surface area contributed by atoms with Gasteiger partial charge in [0, 0.05) is 5.56 Å². The van der Waals surface area contributed by atoms with Crippen molar-refractivity contribution in [2.24, 2.45) is 0 Å². The second kappa shape index (κ2) is 3.52. The molecule has 80 valence electrons. The monoisotopic (exact) mass is 211 g/mol. The molecule has 0 bridgehead atoms. The lowest BCUT2D eigenvalue weighted by Crippen LogP contribution is -2.32. The van der Waals surface area contributed by atoms with Gasteiger partial charge in [0.1, 0.15) is 0 Å². The smallest absolute Gasteiger partial charge is 0.292 e. The molecule has 0 spiro atoms. The number of pyridine rings is 1. The largest absolute Gasteiger partial charge is 0.545 e. The van der Waals surface area contributed by atoms with Crippen LogP contribution in [0.4, 0.5) is 5.69 Å². The Morgan fingerprint density at radius 1 is 1.40 bits per heavy atom. The number of aromatic amines is 1. The first-order valence-corrected chi connectivity index (χ1v) is 3.95. The van der Waals surface area contributed by atoms with E-state index in [-0.39, 0.29) is 11.3 Å². The van der Waals surface area contributed by atoms with Gasteiger partial charge in [0.2, 0.25) is 0 Å². The third kappa shape index (κ3) is 1.71. The van der Waals surface area contributed by atoms with Crippen molar-refractivity contribution in [2.45, 2.75) is 13.8 Å². The Bertz CT molecular complexity index is 502. The fourth-order valence-corrected chi connectivity index (χ4v) is 1.38. The zero-order valence-corrected chi connectivity index (χ0v) is 7.99. The minimum atomic E-state index is -1.73. The molecule has 0 amide bonds. The number of carboxylic acids is 1. The van der Waals surface area contributed by atoms with E-state index in [0.29, 0.717) is 0 Å². The summed E-state index contributed by atoms with van der Waals surface area (Å²) in [6, 6.07) is 0. The highest BCUT2D eigenvalue weighted by atomic mass is 16.6. The number of rotatable bonds is 2. The van der Waals surface area contributed by atoms with Gasteiger partial charge in [-0.1, -0.05) is 0 Å². The maximum Gasteiger partial charge on any atom is 0.292 e. The minimum absolute atomic E-state index is 0.0208. The van der Waals surface area contributed by atoms with Gasteiger partial charge in [0.15, 0.2) is 0 Å². The molecule has 1 aromatic heterocycles. The molecule has 0 saturated heterocycles. The zero-order chi connectivity index (χ0) is 11.7. The van der Waals surface area contributed by atoms with E-state index in [1.165, 1.54) is 13.8 Å². The lowest BCUT2D eigenvalue weighted by atomic mass is 10.1. The molecule has 0 aliphatic rings. The zero-order valence-electron chi connectivity index (χ0n) is 7.99. The van der Waals surface area contributed by atoms with Gasteiger partial charge in [0.25, 0.3) is 11.2 Å². The number of H-pyrrole nitrogens is 1. The van der Waals surface area contributed by atoms with Gasteiger partial charge in [-0.2, -0.15) is 0 Å². The lowest BCUT2D eigenvalue weighted by molar-refractivity contribution is -0.386. The highest BCUT2D eigenvalue weighted by Crippen LogP contribution is 2.21. The molecule has 0 unspecified atom stereocenters. The second-order valence-corrected chi connectivity index (χ2v) is 2.97. The van der Waals surface area contributed by atoms with Crippen LogP contribution in [-0.4, -0.2) is 15.9 Å². The summed E-state index contributed by atoms with van der Waals surface area (Å²) in [7, 11) is 0. The molecule has 1 N–H and O–H groups in total. The number of aromatic carboxylic acids is 1. The first kappa shape index (κ1) is 10.9. The SMILES string of the molecule is Cc1[nH]c(=O)c(C(=O)[O-])c(C)c1[N+](=O)[O-]. The van der Waals surface area contributed by atoms with Crippen LogP contribution in [0.1, 0.15) is 21.6 Å². The molecule has 1 aromatic rings. The number of hydrogen-bond donors (Lipinski definition) is 1. The second-order valence-electron chi connectivity index (χ2n) is 2.97. The van der Waals surface area contributed by atoms with E-state index in [1.807, 2.05) is 0 Å². The summed E-state index contributed by atoms with van der Waals surface area (Å²) in [6.07, 6.45) is 0. The van der Waals surface area contributed by atoms with Crippen LogP contribution in [0.5, 0.6) is 0 Å². The summed E-state index contributed by atoms with van der Waals surface area (Å²) in [4.78, 5) is 33.7. The summed E-state index contributed by atoms with van der Waals surface area (Å²) in [5.74, 6) is -1.73. The molecule has 1 rings (SSSR count). The van der Waals surface area contributed by atoms with Crippen LogP contribution in [-0.2, 0) is 0 Å². The van der Waals surface area contributed by atoms with Crippen molar-refractivity contribution in [3.05, 3.63) is 37.3 Å². The van der Waals surface area contributed by atoms with Crippen molar-refractivity contribution in [3.63, 3.8) is 0 Å². The highest BCUT2D eigenvalue weighted by Gasteiger charge is 2.21. The predicted octanol–water partition coefficient (Wildman–Crippen LogP) is -0.737. The summed E-state index contributed by atoms with van der Waals surface area (Å²) in [5, 5.41) is 21.2. The molecule has 7 heteroatoms. The Hall–Kier alpha value is -2.18. The first-order valence-electron chi connectivity index (χ1n) is 3.95. The topological polar surface area (TPSA) is 116 Å². The number of nitro groups is 1. The van der Waals surface area contributed by atoms with Crippen molar-refractivity contribution in [1.29, 1.82) is 0 Å². The molecule has 7 nitrogen and oxygen atoms in total. The molecule has 0 atom stereocenters. The molecule has 0 aliphatic heterocycles. The number of carboxylic acid groups (broad SMARTS) is 1. The molecule has 0 fully saturated rings. The van der Waals surface area contributed by atoms with Crippen molar-refractivity contribution < 1.29 is 14.8 Å². The van der Waals surface area contributed by atoms with Gasteiger partial charge in [-0.05, 0) is 13.8 Å². The van der Waals surface area contributed by atoms with E-state index in [1.54, 1.807) is 0 Å². The van der Waals surface area contributed by atoms with Gasteiger partial charge in [-0.15, -0.1) is 0 Å². The average Bonchev–Trinajstić information content (AvgIpc) is 1.99. The Kier molecular flexibility index (Phi) is 2.56. The van der Waals surface area contributed by atoms with E-state index < -0.39 is 27.7 Å². The maximum absolute atomic E-state index is 11.2. The lowest BCUT2D eigenvalue weighted by Gasteiger charge is -2.07. The van der Waals surface area contributed by atoms with Crippen LogP contribution in [0, 0.1) is 24.0 Å². The summed E-state index contributed by atoms with van der Waals surface area (Å²) >= 11 is 0. The van der Waals surface area contributed by atoms with Crippen LogP contribution in [0.25, 0.3) is 0 Å². The van der Waals surface area contributed by atoms with Crippen LogP contribution in [0.2, 0.25) is 0 Å². The number of aromatic nitrogens is 1. The molecule has 15 heavy (non-hydrogen) atoms. The Morgan fingerprint density at radius 3 is 2.33 bits per heavy atom. The van der Waals surface area contributed by atoms with E-state index in [9.17, 15) is 24.8 Å². The molecular formula is C8H7N2O5-. The summed E-state index contributed by atoms with van der Waals surface area (Å²) in [6.45, 7) is 2.52. The summed E-state index contributed by atoms with van der Waals surface area (Å²) < 4.78 is 0. The van der Waals surface area contributed by atoms with Crippen LogP contribution < -0.4 is 10.7 Å². The van der Waals surface area contributed by atoms with Gasteiger partial charge >= 0.3 is 0 Å². The normalized spacial score (nSPS) is 10.0. The van der Waals surface area contributed by atoms with E-state index in [0.717, 1.165) is 0 Å². The number of nitrogens with zero attached hydrogens (tertiary/aromatic N) is 1. The molecule has 0 aromatic carbocycles. The molecule has 0 aliphatic carbocycles. The number of carbonyl (C=O) groups excluding carboxylic acids is 1. The number of carbonyl (C=O) groups is 1. The number of nitrogens with one attached hydrogen (secondary N) is 1. The predicted molar refractivity (Wildman–Crippen MR) is 47.5 cm³/mol. The Balaban J connectivity index is 3.72. The van der Waals surface area contributed by atoms with E-state index in [2.05, 4.69) is 4.98 Å². The third-order valence-corrected chi connectivity index (χ3v) is 2.00. The number of aryl methyl sites for hydroxylation is 1. The van der Waals surface area contributed by atoms with Crippen LogP contribution in [0.15, 0.2) is 4.79 Å². The maximum atomic E-state index is 11.2. The van der Waals surface area contributed by atoms with Gasteiger partial charge < -0.3 is 14.9 Å². The fraction of sp³-hybridized carbons (Fsp3) is 0.250. The van der Waals surface area contributed by atoms with Gasteiger partial charge in [0.05, 0.1) is 22.1 Å². The standard InChI is InChI=1S/C8H8N2O5/c1-3-5(8(12)13)7(11)9-4(2)6(3)10(14)15/h1-2H3,(H,9,11)(H,12,13)/p-1. The third-order valence-electron chi connectivity index (χ3n) is 2.00. The minimum Gasteiger partial charge on any atom is -0.545 e. The fourth-order valence-electron chi connectivity index (χ4n) is 1.38.